The summed E-state index contributed by atoms with van der Waals surface area (Å²) in [6.45, 7) is 0.525. The molecule has 0 atom stereocenters. The number of sulfone groups is 1. The topological polar surface area (TPSA) is 85.1 Å². The third kappa shape index (κ3) is 5.21. The van der Waals surface area contributed by atoms with Crippen LogP contribution in [-0.4, -0.2) is 30.1 Å². The number of nitrogens with zero attached hydrogens (tertiary/aromatic N) is 2. The summed E-state index contributed by atoms with van der Waals surface area (Å²) < 4.78 is 30.5. The molecular weight excluding hydrogens is 402 g/mol. The first-order chi connectivity index (χ1) is 12.0. The van der Waals surface area contributed by atoms with Gasteiger partial charge in [0.25, 0.3) is 0 Å². The monoisotopic (exact) mass is 415 g/mol. The van der Waals surface area contributed by atoms with Crippen molar-refractivity contribution in [3.05, 3.63) is 53.4 Å². The zero-order valence-corrected chi connectivity index (χ0v) is 16.1. The number of anilines is 1. The molecule has 132 valence electrons. The third-order valence-corrected chi connectivity index (χ3v) is 7.41. The average Bonchev–Trinajstić information content (AvgIpc) is 3.25. The van der Waals surface area contributed by atoms with E-state index in [1.54, 1.807) is 18.4 Å². The molecule has 3 aromatic rings. The molecule has 25 heavy (non-hydrogen) atoms. The van der Waals surface area contributed by atoms with Gasteiger partial charge in [-0.25, -0.2) is 8.42 Å². The SMILES string of the molecule is O=S(=O)(CCSc1nnc(NCc2ccco2)s1)c1ccc(Cl)cc1. The van der Waals surface area contributed by atoms with Crippen molar-refractivity contribution >= 4 is 49.7 Å². The van der Waals surface area contributed by atoms with Crippen LogP contribution in [0.4, 0.5) is 5.13 Å². The molecule has 0 aliphatic heterocycles. The van der Waals surface area contributed by atoms with Crippen molar-refractivity contribution in [2.75, 3.05) is 16.8 Å². The normalized spacial score (nSPS) is 11.6. The Morgan fingerprint density at radius 2 is 2.00 bits per heavy atom. The molecular formula is C15H14ClN3O3S3. The van der Waals surface area contributed by atoms with E-state index in [0.717, 1.165) is 5.76 Å². The first-order valence-electron chi connectivity index (χ1n) is 7.24. The minimum absolute atomic E-state index is 0.0219. The number of aromatic nitrogens is 2. The third-order valence-electron chi connectivity index (χ3n) is 3.15. The number of rotatable bonds is 8. The highest BCUT2D eigenvalue weighted by Crippen LogP contribution is 2.26. The van der Waals surface area contributed by atoms with Gasteiger partial charge in [-0.1, -0.05) is 34.7 Å². The number of halogens is 1. The van der Waals surface area contributed by atoms with Crippen LogP contribution in [-0.2, 0) is 16.4 Å². The second kappa shape index (κ2) is 8.22. The van der Waals surface area contributed by atoms with Crippen LogP contribution in [0.5, 0.6) is 0 Å². The summed E-state index contributed by atoms with van der Waals surface area (Å²) in [6, 6.07) is 9.87. The van der Waals surface area contributed by atoms with Crippen molar-refractivity contribution < 1.29 is 12.8 Å². The standard InChI is InChI=1S/C15H14ClN3O3S3/c16-11-3-5-13(6-4-11)25(20,21)9-8-23-15-19-18-14(24-15)17-10-12-2-1-7-22-12/h1-7H,8-10H2,(H,17,18). The van der Waals surface area contributed by atoms with E-state index in [2.05, 4.69) is 15.5 Å². The molecule has 2 heterocycles. The maximum Gasteiger partial charge on any atom is 0.206 e. The molecule has 0 amide bonds. The van der Waals surface area contributed by atoms with Crippen LogP contribution in [0.3, 0.4) is 0 Å². The Hall–Kier alpha value is -1.55. The minimum Gasteiger partial charge on any atom is -0.467 e. The lowest BCUT2D eigenvalue weighted by atomic mass is 10.4. The quantitative estimate of drug-likeness (QED) is 0.557. The number of hydrogen-bond acceptors (Lipinski definition) is 8. The fourth-order valence-electron chi connectivity index (χ4n) is 1.91. The van der Waals surface area contributed by atoms with Gasteiger partial charge >= 0.3 is 0 Å². The molecule has 0 unspecified atom stereocenters. The molecule has 2 aromatic heterocycles. The molecule has 1 N–H and O–H groups in total. The van der Waals surface area contributed by atoms with E-state index >= 15 is 0 Å². The number of hydrogen-bond donors (Lipinski definition) is 1. The number of benzene rings is 1. The first kappa shape index (κ1) is 18.2. The molecule has 0 spiro atoms. The van der Waals surface area contributed by atoms with Crippen LogP contribution >= 0.6 is 34.7 Å². The summed E-state index contributed by atoms with van der Waals surface area (Å²) >= 11 is 8.53. The van der Waals surface area contributed by atoms with Gasteiger partial charge in [-0.15, -0.1) is 10.2 Å². The molecule has 10 heteroatoms. The summed E-state index contributed by atoms with van der Waals surface area (Å²) in [5.74, 6) is 1.23. The molecule has 0 radical (unpaired) electrons. The van der Waals surface area contributed by atoms with Gasteiger partial charge in [0.15, 0.2) is 14.2 Å². The average molecular weight is 416 g/mol. The second-order valence-electron chi connectivity index (χ2n) is 4.93. The molecule has 0 aliphatic rings. The fourth-order valence-corrected chi connectivity index (χ4v) is 5.51. The van der Waals surface area contributed by atoms with Gasteiger partial charge in [-0.05, 0) is 36.4 Å². The van der Waals surface area contributed by atoms with E-state index < -0.39 is 9.84 Å². The fraction of sp³-hybridized carbons (Fsp3) is 0.200. The van der Waals surface area contributed by atoms with Crippen LogP contribution < -0.4 is 5.32 Å². The molecule has 6 nitrogen and oxygen atoms in total. The summed E-state index contributed by atoms with van der Waals surface area (Å²) in [4.78, 5) is 0.274. The van der Waals surface area contributed by atoms with Gasteiger partial charge in [-0.2, -0.15) is 0 Å². The van der Waals surface area contributed by atoms with Gasteiger partial charge in [0.05, 0.1) is 23.5 Å². The molecule has 3 rings (SSSR count). The van der Waals surface area contributed by atoms with E-state index in [1.165, 1.54) is 35.2 Å². The maximum absolute atomic E-state index is 12.3. The van der Waals surface area contributed by atoms with Crippen LogP contribution in [0.1, 0.15) is 5.76 Å². The minimum atomic E-state index is -3.33. The summed E-state index contributed by atoms with van der Waals surface area (Å²) in [5, 5.41) is 12.4. The van der Waals surface area contributed by atoms with Gasteiger partial charge < -0.3 is 9.73 Å². The van der Waals surface area contributed by atoms with E-state index in [4.69, 9.17) is 16.0 Å². The van der Waals surface area contributed by atoms with Crippen LogP contribution in [0, 0.1) is 0 Å². The lowest BCUT2D eigenvalue weighted by Gasteiger charge is -2.03. The van der Waals surface area contributed by atoms with E-state index in [-0.39, 0.29) is 10.6 Å². The Kier molecular flexibility index (Phi) is 6.00. The van der Waals surface area contributed by atoms with Crippen molar-refractivity contribution in [3.8, 4) is 0 Å². The van der Waals surface area contributed by atoms with Crippen molar-refractivity contribution in [1.29, 1.82) is 0 Å². The number of nitrogens with one attached hydrogen (secondary N) is 1. The molecule has 0 fully saturated rings. The lowest BCUT2D eigenvalue weighted by Crippen LogP contribution is -2.08. The summed E-state index contributed by atoms with van der Waals surface area (Å²) in [7, 11) is -3.33. The predicted molar refractivity (Wildman–Crippen MR) is 100 cm³/mol. The van der Waals surface area contributed by atoms with E-state index in [0.29, 0.717) is 26.8 Å². The van der Waals surface area contributed by atoms with Crippen molar-refractivity contribution in [2.24, 2.45) is 0 Å². The Bertz CT molecular complexity index is 909. The molecule has 0 saturated carbocycles. The van der Waals surface area contributed by atoms with Crippen molar-refractivity contribution in [2.45, 2.75) is 15.8 Å². The van der Waals surface area contributed by atoms with Crippen LogP contribution in [0.15, 0.2) is 56.3 Å². The Morgan fingerprint density at radius 3 is 2.72 bits per heavy atom. The highest BCUT2D eigenvalue weighted by atomic mass is 35.5. The maximum atomic E-state index is 12.3. The van der Waals surface area contributed by atoms with Crippen molar-refractivity contribution in [1.82, 2.24) is 10.2 Å². The second-order valence-corrected chi connectivity index (χ2v) is 9.79. The van der Waals surface area contributed by atoms with Gasteiger partial charge in [0, 0.05) is 10.8 Å². The van der Waals surface area contributed by atoms with Gasteiger partial charge in [0.1, 0.15) is 5.76 Å². The number of furan rings is 1. The smallest absolute Gasteiger partial charge is 0.206 e. The van der Waals surface area contributed by atoms with Crippen molar-refractivity contribution in [3.63, 3.8) is 0 Å². The molecule has 1 aromatic carbocycles. The first-order valence-corrected chi connectivity index (χ1v) is 11.1. The summed E-state index contributed by atoms with van der Waals surface area (Å²) in [5.41, 5.74) is 0. The van der Waals surface area contributed by atoms with Gasteiger partial charge in [0.2, 0.25) is 5.13 Å². The summed E-state index contributed by atoms with van der Waals surface area (Å²) in [6.07, 6.45) is 1.61. The predicted octanol–water partition coefficient (Wildman–Crippen LogP) is 3.96. The Morgan fingerprint density at radius 1 is 1.20 bits per heavy atom. The van der Waals surface area contributed by atoms with E-state index in [9.17, 15) is 8.42 Å². The largest absolute Gasteiger partial charge is 0.467 e. The van der Waals surface area contributed by atoms with E-state index in [1.807, 2.05) is 12.1 Å². The molecule has 0 aliphatic carbocycles. The zero-order valence-electron chi connectivity index (χ0n) is 12.9. The van der Waals surface area contributed by atoms with Crippen LogP contribution in [0.2, 0.25) is 5.02 Å². The highest BCUT2D eigenvalue weighted by Gasteiger charge is 2.15. The Labute approximate surface area is 158 Å². The Balaban J connectivity index is 1.49. The van der Waals surface area contributed by atoms with Gasteiger partial charge in [-0.3, -0.25) is 0 Å². The zero-order chi connectivity index (χ0) is 17.7. The molecule has 0 bridgehead atoms. The molecule has 0 saturated heterocycles. The van der Waals surface area contributed by atoms with Crippen LogP contribution in [0.25, 0.3) is 0 Å². The highest BCUT2D eigenvalue weighted by molar-refractivity contribution is 8.02. The lowest BCUT2D eigenvalue weighted by molar-refractivity contribution is 0.518. The number of thioether (sulfide) groups is 1.